The van der Waals surface area contributed by atoms with Gasteiger partial charge in [-0.15, -0.1) is 0 Å². The molecule has 6 heteroatoms. The second-order valence-electron chi connectivity index (χ2n) is 5.20. The van der Waals surface area contributed by atoms with Crippen LogP contribution in [-0.4, -0.2) is 25.7 Å². The molecule has 0 fully saturated rings. The van der Waals surface area contributed by atoms with E-state index >= 15 is 0 Å². The molecule has 0 saturated carbocycles. The van der Waals surface area contributed by atoms with Gasteiger partial charge in [0.05, 0.1) is 19.8 Å². The molecule has 0 aliphatic carbocycles. The van der Waals surface area contributed by atoms with E-state index in [2.05, 4.69) is 10.3 Å². The molecule has 134 valence electrons. The Bertz CT molecular complexity index is 662. The third-order valence-corrected chi connectivity index (χ3v) is 3.40. The van der Waals surface area contributed by atoms with Crippen LogP contribution in [0.2, 0.25) is 0 Å². The molecule has 6 nitrogen and oxygen atoms in total. The number of H-pyrrole nitrogens is 1. The maximum atomic E-state index is 12.5. The van der Waals surface area contributed by atoms with Crippen LogP contribution in [0.15, 0.2) is 36.7 Å². The van der Waals surface area contributed by atoms with Crippen LogP contribution in [0.25, 0.3) is 0 Å². The molecule has 0 aliphatic rings. The van der Waals surface area contributed by atoms with Crippen molar-refractivity contribution in [2.45, 2.75) is 27.3 Å². The van der Waals surface area contributed by atoms with Crippen LogP contribution >= 0.6 is 0 Å². The normalized spacial score (nSPS) is 10.2. The number of hydrogen-bond donors (Lipinski definition) is 1. The Balaban J connectivity index is 2.24. The number of carbonyl (C=O) groups is 1. The summed E-state index contributed by atoms with van der Waals surface area (Å²) in [5.41, 5.74) is 1.45. The molecule has 2 aromatic rings. The fourth-order valence-corrected chi connectivity index (χ4v) is 2.34. The molecule has 2 rings (SSSR count). The van der Waals surface area contributed by atoms with E-state index in [0.29, 0.717) is 49.2 Å². The van der Waals surface area contributed by atoms with Gasteiger partial charge in [0, 0.05) is 23.7 Å². The van der Waals surface area contributed by atoms with Crippen molar-refractivity contribution in [1.82, 2.24) is 5.32 Å². The standard InChI is InChI=1S/C19H24N2O4/c1-4-23-16-10-15(11-17(24-5-2)18(16)25-6-3)19(22)21-13-14-8-7-9-20-12-14/h7-12H,4-6,13H2,1-3H3,(H,21,22)/p+1. The van der Waals surface area contributed by atoms with Gasteiger partial charge in [-0.05, 0) is 39.0 Å². The van der Waals surface area contributed by atoms with Gasteiger partial charge in [0.15, 0.2) is 23.9 Å². The lowest BCUT2D eigenvalue weighted by atomic mass is 10.1. The predicted octanol–water partition coefficient (Wildman–Crippen LogP) is 2.63. The quantitative estimate of drug-likeness (QED) is 0.758. The SMILES string of the molecule is CCOc1cc(C(=O)NCc2ccc[nH+]c2)cc(OCC)c1OCC. The number of carbonyl (C=O) groups excluding carboxylic acids is 1. The summed E-state index contributed by atoms with van der Waals surface area (Å²) in [6.45, 7) is 7.51. The fourth-order valence-electron chi connectivity index (χ4n) is 2.34. The molecule has 0 aliphatic heterocycles. The van der Waals surface area contributed by atoms with Gasteiger partial charge in [0.25, 0.3) is 5.91 Å². The van der Waals surface area contributed by atoms with Crippen molar-refractivity contribution in [3.8, 4) is 17.2 Å². The second-order valence-corrected chi connectivity index (χ2v) is 5.20. The van der Waals surface area contributed by atoms with Gasteiger partial charge in [-0.2, -0.15) is 0 Å². The zero-order valence-electron chi connectivity index (χ0n) is 14.9. The molecule has 25 heavy (non-hydrogen) atoms. The van der Waals surface area contributed by atoms with Crippen molar-refractivity contribution >= 4 is 5.91 Å². The number of ether oxygens (including phenoxy) is 3. The lowest BCUT2D eigenvalue weighted by Crippen LogP contribution is -2.23. The molecule has 1 heterocycles. The van der Waals surface area contributed by atoms with E-state index in [1.807, 2.05) is 45.3 Å². The number of aromatic amines is 1. The summed E-state index contributed by atoms with van der Waals surface area (Å²) in [6.07, 6.45) is 3.66. The smallest absolute Gasteiger partial charge is 0.251 e. The topological polar surface area (TPSA) is 70.9 Å². The number of aromatic nitrogens is 1. The molecule has 1 amide bonds. The van der Waals surface area contributed by atoms with E-state index < -0.39 is 0 Å². The van der Waals surface area contributed by atoms with E-state index in [4.69, 9.17) is 14.2 Å². The van der Waals surface area contributed by atoms with Crippen LogP contribution in [0.5, 0.6) is 17.2 Å². The van der Waals surface area contributed by atoms with Gasteiger partial charge in [0.2, 0.25) is 5.75 Å². The second kappa shape index (κ2) is 9.52. The Morgan fingerprint density at radius 1 is 1.04 bits per heavy atom. The van der Waals surface area contributed by atoms with Crippen LogP contribution in [0.3, 0.4) is 0 Å². The largest absolute Gasteiger partial charge is 0.490 e. The molecular weight excluding hydrogens is 320 g/mol. The van der Waals surface area contributed by atoms with Crippen LogP contribution < -0.4 is 24.5 Å². The average Bonchev–Trinajstić information content (AvgIpc) is 2.63. The number of nitrogens with one attached hydrogen (secondary N) is 2. The fraction of sp³-hybridized carbons (Fsp3) is 0.368. The number of rotatable bonds is 9. The minimum Gasteiger partial charge on any atom is -0.490 e. The molecule has 1 aromatic carbocycles. The first-order valence-corrected chi connectivity index (χ1v) is 8.49. The first-order valence-electron chi connectivity index (χ1n) is 8.49. The van der Waals surface area contributed by atoms with Gasteiger partial charge in [-0.25, -0.2) is 4.98 Å². The summed E-state index contributed by atoms with van der Waals surface area (Å²) in [5.74, 6) is 1.34. The summed E-state index contributed by atoms with van der Waals surface area (Å²) in [7, 11) is 0. The molecule has 0 atom stereocenters. The van der Waals surface area contributed by atoms with Crippen LogP contribution in [0.4, 0.5) is 0 Å². The lowest BCUT2D eigenvalue weighted by molar-refractivity contribution is -0.378. The first kappa shape index (κ1) is 18.6. The average molecular weight is 345 g/mol. The summed E-state index contributed by atoms with van der Waals surface area (Å²) in [4.78, 5) is 15.5. The zero-order chi connectivity index (χ0) is 18.1. The molecule has 0 radical (unpaired) electrons. The Morgan fingerprint density at radius 2 is 1.68 bits per heavy atom. The number of amides is 1. The van der Waals surface area contributed by atoms with Crippen LogP contribution in [-0.2, 0) is 6.54 Å². The number of benzene rings is 1. The van der Waals surface area contributed by atoms with Crippen molar-refractivity contribution in [2.75, 3.05) is 19.8 Å². The highest BCUT2D eigenvalue weighted by atomic mass is 16.5. The van der Waals surface area contributed by atoms with Gasteiger partial charge in [-0.1, -0.05) is 0 Å². The molecule has 2 N–H and O–H groups in total. The number of hydrogen-bond acceptors (Lipinski definition) is 4. The number of pyridine rings is 1. The van der Waals surface area contributed by atoms with E-state index in [1.165, 1.54) is 0 Å². The third kappa shape index (κ3) is 5.11. The van der Waals surface area contributed by atoms with Gasteiger partial charge in [0.1, 0.15) is 0 Å². The minimum atomic E-state index is -0.200. The molecule has 0 saturated heterocycles. The van der Waals surface area contributed by atoms with E-state index in [-0.39, 0.29) is 5.91 Å². The van der Waals surface area contributed by atoms with Crippen molar-refractivity contribution in [3.05, 3.63) is 47.8 Å². The zero-order valence-corrected chi connectivity index (χ0v) is 14.9. The van der Waals surface area contributed by atoms with E-state index in [9.17, 15) is 4.79 Å². The van der Waals surface area contributed by atoms with Gasteiger partial charge >= 0.3 is 0 Å². The Kier molecular flexibility index (Phi) is 7.07. The molecule has 1 aromatic heterocycles. The molecular formula is C19H25N2O4+. The predicted molar refractivity (Wildman–Crippen MR) is 94.1 cm³/mol. The summed E-state index contributed by atoms with van der Waals surface area (Å²) < 4.78 is 16.9. The Morgan fingerprint density at radius 3 is 2.20 bits per heavy atom. The first-order chi connectivity index (χ1) is 12.2. The highest BCUT2D eigenvalue weighted by Crippen LogP contribution is 2.39. The lowest BCUT2D eigenvalue weighted by Gasteiger charge is -2.17. The summed E-state index contributed by atoms with van der Waals surface area (Å²) in [6, 6.07) is 7.19. The highest BCUT2D eigenvalue weighted by Gasteiger charge is 2.18. The van der Waals surface area contributed by atoms with Crippen LogP contribution in [0, 0.1) is 0 Å². The third-order valence-electron chi connectivity index (χ3n) is 3.40. The maximum Gasteiger partial charge on any atom is 0.251 e. The summed E-state index contributed by atoms with van der Waals surface area (Å²) in [5, 5.41) is 2.89. The molecule has 0 spiro atoms. The van der Waals surface area contributed by atoms with E-state index in [0.717, 1.165) is 5.56 Å². The van der Waals surface area contributed by atoms with Crippen molar-refractivity contribution in [2.24, 2.45) is 0 Å². The van der Waals surface area contributed by atoms with Gasteiger partial charge < -0.3 is 19.5 Å². The van der Waals surface area contributed by atoms with E-state index in [1.54, 1.807) is 12.1 Å². The van der Waals surface area contributed by atoms with Crippen molar-refractivity contribution in [3.63, 3.8) is 0 Å². The van der Waals surface area contributed by atoms with Crippen LogP contribution in [0.1, 0.15) is 36.7 Å². The monoisotopic (exact) mass is 345 g/mol. The van der Waals surface area contributed by atoms with Crippen molar-refractivity contribution in [1.29, 1.82) is 0 Å². The Labute approximate surface area is 148 Å². The molecule has 0 bridgehead atoms. The molecule has 0 unspecified atom stereocenters. The highest BCUT2D eigenvalue weighted by molar-refractivity contribution is 5.95. The van der Waals surface area contributed by atoms with Crippen molar-refractivity contribution < 1.29 is 24.0 Å². The Hall–Kier alpha value is -2.76. The van der Waals surface area contributed by atoms with Gasteiger partial charge in [-0.3, -0.25) is 4.79 Å². The minimum absolute atomic E-state index is 0.200. The summed E-state index contributed by atoms with van der Waals surface area (Å²) >= 11 is 0. The maximum absolute atomic E-state index is 12.5.